The number of aromatic nitrogens is 2. The maximum absolute atomic E-state index is 12.7. The Bertz CT molecular complexity index is 814. The lowest BCUT2D eigenvalue weighted by Gasteiger charge is -2.33. The van der Waals surface area contributed by atoms with Crippen LogP contribution in [0.1, 0.15) is 37.6 Å². The van der Waals surface area contributed by atoms with Gasteiger partial charge in [0.1, 0.15) is 11.4 Å². The quantitative estimate of drug-likeness (QED) is 0.792. The maximum atomic E-state index is 12.7. The molecule has 1 aliphatic carbocycles. The predicted octanol–water partition coefficient (Wildman–Crippen LogP) is 2.78. The highest BCUT2D eigenvalue weighted by molar-refractivity contribution is 7.18. The average molecular weight is 334 g/mol. The first kappa shape index (κ1) is 16.2. The van der Waals surface area contributed by atoms with E-state index in [0.717, 1.165) is 29.7 Å². The lowest BCUT2D eigenvalue weighted by Crippen LogP contribution is -2.28. The van der Waals surface area contributed by atoms with Crippen LogP contribution in [0.25, 0.3) is 10.2 Å². The highest BCUT2D eigenvalue weighted by Gasteiger charge is 2.31. The molecular weight excluding hydrogens is 312 g/mol. The summed E-state index contributed by atoms with van der Waals surface area (Å²) in [7, 11) is 1.32. The Balaban J connectivity index is 2.04. The van der Waals surface area contributed by atoms with Gasteiger partial charge in [0.05, 0.1) is 18.8 Å². The number of carbonyl (C=O) groups excluding carboxylic acids is 1. The van der Waals surface area contributed by atoms with E-state index < -0.39 is 5.97 Å². The summed E-state index contributed by atoms with van der Waals surface area (Å²) < 4.78 is 5.99. The van der Waals surface area contributed by atoms with Gasteiger partial charge in [0.25, 0.3) is 5.56 Å². The lowest BCUT2D eigenvalue weighted by atomic mass is 9.72. The van der Waals surface area contributed by atoms with Crippen molar-refractivity contribution in [1.29, 1.82) is 0 Å². The second-order valence-corrected chi connectivity index (χ2v) is 8.33. The third-order valence-electron chi connectivity index (χ3n) is 4.79. The van der Waals surface area contributed by atoms with Gasteiger partial charge in [-0.05, 0) is 36.2 Å². The van der Waals surface area contributed by atoms with Crippen molar-refractivity contribution in [3.8, 4) is 0 Å². The molecule has 1 aliphatic rings. The SMILES string of the molecule is COC(=O)Cn1cnc2sc3c(c2c1=O)CC[C@@H](C(C)(C)C)C3. The van der Waals surface area contributed by atoms with E-state index >= 15 is 0 Å². The van der Waals surface area contributed by atoms with Crippen molar-refractivity contribution in [2.24, 2.45) is 11.3 Å². The summed E-state index contributed by atoms with van der Waals surface area (Å²) in [6.45, 7) is 6.74. The van der Waals surface area contributed by atoms with Crippen LogP contribution in [0.4, 0.5) is 0 Å². The van der Waals surface area contributed by atoms with E-state index in [1.54, 1.807) is 11.3 Å². The molecule has 0 unspecified atom stereocenters. The molecule has 0 saturated heterocycles. The third-order valence-corrected chi connectivity index (χ3v) is 5.95. The fourth-order valence-electron chi connectivity index (χ4n) is 3.26. The van der Waals surface area contributed by atoms with Crippen molar-refractivity contribution in [2.75, 3.05) is 7.11 Å². The van der Waals surface area contributed by atoms with E-state index in [-0.39, 0.29) is 17.5 Å². The molecule has 2 aromatic heterocycles. The van der Waals surface area contributed by atoms with Gasteiger partial charge < -0.3 is 4.74 Å². The zero-order valence-electron chi connectivity index (χ0n) is 14.0. The van der Waals surface area contributed by atoms with Gasteiger partial charge in [-0.3, -0.25) is 14.2 Å². The Morgan fingerprint density at radius 3 is 2.87 bits per heavy atom. The molecule has 0 N–H and O–H groups in total. The fraction of sp³-hybridized carbons (Fsp3) is 0.588. The highest BCUT2D eigenvalue weighted by atomic mass is 32.1. The first-order valence-corrected chi connectivity index (χ1v) is 8.69. The van der Waals surface area contributed by atoms with Crippen molar-refractivity contribution < 1.29 is 9.53 Å². The van der Waals surface area contributed by atoms with E-state index in [2.05, 4.69) is 30.5 Å². The van der Waals surface area contributed by atoms with Gasteiger partial charge >= 0.3 is 5.97 Å². The van der Waals surface area contributed by atoms with Crippen LogP contribution in [-0.2, 0) is 28.9 Å². The van der Waals surface area contributed by atoms with Crippen LogP contribution < -0.4 is 5.56 Å². The summed E-state index contributed by atoms with van der Waals surface area (Å²) in [5.41, 5.74) is 1.28. The maximum Gasteiger partial charge on any atom is 0.325 e. The Hall–Kier alpha value is -1.69. The summed E-state index contributed by atoms with van der Waals surface area (Å²) in [5, 5.41) is 0.698. The molecule has 0 aromatic carbocycles. The molecule has 0 saturated carbocycles. The number of esters is 1. The third kappa shape index (κ3) is 2.92. The normalized spacial score (nSPS) is 18.0. The van der Waals surface area contributed by atoms with E-state index in [1.807, 2.05) is 0 Å². The number of nitrogens with zero attached hydrogens (tertiary/aromatic N) is 2. The zero-order valence-corrected chi connectivity index (χ0v) is 14.8. The Labute approximate surface area is 139 Å². The first-order chi connectivity index (χ1) is 10.8. The van der Waals surface area contributed by atoms with E-state index in [0.29, 0.717) is 11.3 Å². The van der Waals surface area contributed by atoms with Crippen molar-refractivity contribution in [1.82, 2.24) is 9.55 Å². The fourth-order valence-corrected chi connectivity index (χ4v) is 4.51. The molecule has 0 fully saturated rings. The van der Waals surface area contributed by atoms with Crippen LogP contribution in [0, 0.1) is 11.3 Å². The molecule has 1 atom stereocenters. The second kappa shape index (κ2) is 5.74. The summed E-state index contributed by atoms with van der Waals surface area (Å²) >= 11 is 1.63. The molecule has 5 nitrogen and oxygen atoms in total. The molecule has 0 bridgehead atoms. The molecule has 0 amide bonds. The second-order valence-electron chi connectivity index (χ2n) is 7.24. The number of rotatable bonds is 2. The molecule has 124 valence electrons. The minimum Gasteiger partial charge on any atom is -0.468 e. The van der Waals surface area contributed by atoms with Crippen molar-refractivity contribution in [3.63, 3.8) is 0 Å². The molecule has 3 rings (SSSR count). The monoisotopic (exact) mass is 334 g/mol. The standard InChI is InChI=1S/C17H22N2O3S/c1-17(2,3)10-5-6-11-12(7-10)23-15-14(11)16(21)19(9-18-15)8-13(20)22-4/h9-10H,5-8H2,1-4H3/t10-/m1/s1. The summed E-state index contributed by atoms with van der Waals surface area (Å²) in [5.74, 6) is 0.186. The molecule has 0 radical (unpaired) electrons. The largest absolute Gasteiger partial charge is 0.468 e. The number of ether oxygens (including phenoxy) is 1. The average Bonchev–Trinajstić information content (AvgIpc) is 2.87. The summed E-state index contributed by atoms with van der Waals surface area (Å²) in [6.07, 6.45) is 4.46. The van der Waals surface area contributed by atoms with Crippen molar-refractivity contribution in [3.05, 3.63) is 27.1 Å². The van der Waals surface area contributed by atoms with Crippen LogP contribution in [0.3, 0.4) is 0 Å². The predicted molar refractivity (Wildman–Crippen MR) is 90.9 cm³/mol. The van der Waals surface area contributed by atoms with Crippen molar-refractivity contribution >= 4 is 27.5 Å². The number of carbonyl (C=O) groups is 1. The van der Waals surface area contributed by atoms with Crippen LogP contribution in [0.5, 0.6) is 0 Å². The van der Waals surface area contributed by atoms with E-state index in [4.69, 9.17) is 0 Å². The van der Waals surface area contributed by atoms with Gasteiger partial charge in [0, 0.05) is 4.88 Å². The molecule has 2 aromatic rings. The highest BCUT2D eigenvalue weighted by Crippen LogP contribution is 2.41. The van der Waals surface area contributed by atoms with E-state index in [1.165, 1.54) is 22.9 Å². The number of fused-ring (bicyclic) bond motifs is 3. The number of thiophene rings is 1. The summed E-state index contributed by atoms with van der Waals surface area (Å²) in [4.78, 5) is 30.6. The van der Waals surface area contributed by atoms with Gasteiger partial charge in [0.15, 0.2) is 0 Å². The van der Waals surface area contributed by atoms with Crippen LogP contribution in [0.2, 0.25) is 0 Å². The van der Waals surface area contributed by atoms with Gasteiger partial charge in [-0.15, -0.1) is 11.3 Å². The van der Waals surface area contributed by atoms with Crippen LogP contribution in [0.15, 0.2) is 11.1 Å². The smallest absolute Gasteiger partial charge is 0.325 e. The van der Waals surface area contributed by atoms with Crippen molar-refractivity contribution in [2.45, 2.75) is 46.6 Å². The minimum atomic E-state index is -0.440. The topological polar surface area (TPSA) is 61.2 Å². The first-order valence-electron chi connectivity index (χ1n) is 7.87. The van der Waals surface area contributed by atoms with Gasteiger partial charge in [-0.2, -0.15) is 0 Å². The molecule has 0 spiro atoms. The minimum absolute atomic E-state index is 0.0898. The number of hydrogen-bond donors (Lipinski definition) is 0. The van der Waals surface area contributed by atoms with Gasteiger partial charge in [0.2, 0.25) is 0 Å². The lowest BCUT2D eigenvalue weighted by molar-refractivity contribution is -0.141. The number of hydrogen-bond acceptors (Lipinski definition) is 5. The van der Waals surface area contributed by atoms with Crippen LogP contribution >= 0.6 is 11.3 Å². The van der Waals surface area contributed by atoms with E-state index in [9.17, 15) is 9.59 Å². The summed E-state index contributed by atoms with van der Waals surface area (Å²) in [6, 6.07) is 0. The Morgan fingerprint density at radius 1 is 1.48 bits per heavy atom. The van der Waals surface area contributed by atoms with Gasteiger partial charge in [-0.1, -0.05) is 20.8 Å². The Morgan fingerprint density at radius 2 is 2.22 bits per heavy atom. The zero-order chi connectivity index (χ0) is 16.8. The van der Waals surface area contributed by atoms with Gasteiger partial charge in [-0.25, -0.2) is 4.98 Å². The number of methoxy groups -OCH3 is 1. The number of aryl methyl sites for hydroxylation is 1. The molecule has 0 aliphatic heterocycles. The van der Waals surface area contributed by atoms with Crippen LogP contribution in [-0.4, -0.2) is 22.6 Å². The molecule has 6 heteroatoms. The Kier molecular flexibility index (Phi) is 4.04. The molecule has 2 heterocycles. The molecular formula is C17H22N2O3S. The molecule has 23 heavy (non-hydrogen) atoms.